The molecule has 1 aromatic carbocycles. The molecule has 3 aromatic heterocycles. The minimum absolute atomic E-state index is 0.147. The molecule has 8 heteroatoms. The maximum atomic E-state index is 12.7. The number of carbonyl (C=O) groups excluding carboxylic acids is 1. The number of aromatic nitrogens is 3. The number of carbonyl (C=O) groups is 1. The molecule has 0 aliphatic carbocycles. The van der Waals surface area contributed by atoms with E-state index in [1.165, 1.54) is 16.0 Å². The highest BCUT2D eigenvalue weighted by Crippen LogP contribution is 2.23. The van der Waals surface area contributed by atoms with Gasteiger partial charge in [-0.15, -0.1) is 16.4 Å². The van der Waals surface area contributed by atoms with Crippen LogP contribution in [0.15, 0.2) is 64.4 Å². The topological polar surface area (TPSA) is 82.2 Å². The minimum atomic E-state index is -0.322. The van der Waals surface area contributed by atoms with Gasteiger partial charge in [-0.2, -0.15) is 9.67 Å². The Hall–Kier alpha value is -3.39. The van der Waals surface area contributed by atoms with Gasteiger partial charge >= 0.3 is 0 Å². The molecule has 4 aromatic rings. The van der Waals surface area contributed by atoms with Gasteiger partial charge in [-0.3, -0.25) is 4.79 Å². The van der Waals surface area contributed by atoms with Gasteiger partial charge in [0, 0.05) is 0 Å². The fraction of sp³-hybridized carbons (Fsp3) is 0.150. The highest BCUT2D eigenvalue weighted by Gasteiger charge is 2.18. The van der Waals surface area contributed by atoms with E-state index in [1.807, 2.05) is 54.8 Å². The Morgan fingerprint density at radius 3 is 2.75 bits per heavy atom. The number of nitrogens with zero attached hydrogens (tertiary/aromatic N) is 3. The standard InChI is InChI=1S/C20H18N4O3S/c1-14-9-10-16(27-14)12-21-20-22-19(17-8-5-11-28-17)23-24(20)18(25)13-26-15-6-3-2-4-7-15/h2-11H,12-13H2,1H3,(H,21,22,23). The number of aryl methyl sites for hydroxylation is 1. The highest BCUT2D eigenvalue weighted by atomic mass is 32.1. The van der Waals surface area contributed by atoms with Crippen molar-refractivity contribution >= 4 is 23.2 Å². The molecule has 0 aliphatic rings. The second kappa shape index (κ2) is 8.10. The molecule has 0 fully saturated rings. The van der Waals surface area contributed by atoms with Crippen molar-refractivity contribution in [1.82, 2.24) is 14.8 Å². The third-order valence-electron chi connectivity index (χ3n) is 3.91. The summed E-state index contributed by atoms with van der Waals surface area (Å²) in [6, 6.07) is 16.8. The van der Waals surface area contributed by atoms with Crippen LogP contribution >= 0.6 is 11.3 Å². The lowest BCUT2D eigenvalue weighted by atomic mass is 10.3. The quantitative estimate of drug-likeness (QED) is 0.505. The Labute approximate surface area is 165 Å². The number of furan rings is 1. The van der Waals surface area contributed by atoms with Crippen LogP contribution in [-0.2, 0) is 6.54 Å². The molecule has 0 aliphatic heterocycles. The van der Waals surface area contributed by atoms with Crippen LogP contribution in [0, 0.1) is 6.92 Å². The van der Waals surface area contributed by atoms with Gasteiger partial charge in [0.2, 0.25) is 5.95 Å². The summed E-state index contributed by atoms with van der Waals surface area (Å²) in [5.74, 6) is 2.70. The van der Waals surface area contributed by atoms with Crippen LogP contribution in [0.4, 0.5) is 5.95 Å². The molecule has 0 bridgehead atoms. The Bertz CT molecular complexity index is 1050. The van der Waals surface area contributed by atoms with Gasteiger partial charge in [0.15, 0.2) is 12.4 Å². The van der Waals surface area contributed by atoms with E-state index in [2.05, 4.69) is 15.4 Å². The fourth-order valence-corrected chi connectivity index (χ4v) is 3.23. The van der Waals surface area contributed by atoms with Gasteiger partial charge in [-0.1, -0.05) is 24.3 Å². The molecular formula is C20H18N4O3S. The molecule has 1 N–H and O–H groups in total. The summed E-state index contributed by atoms with van der Waals surface area (Å²) in [7, 11) is 0. The molecule has 0 unspecified atom stereocenters. The van der Waals surface area contributed by atoms with Crippen LogP contribution in [0.25, 0.3) is 10.7 Å². The van der Waals surface area contributed by atoms with E-state index in [0.717, 1.165) is 16.4 Å². The van der Waals surface area contributed by atoms with Gasteiger partial charge in [0.25, 0.3) is 5.91 Å². The molecule has 0 spiro atoms. The number of benzene rings is 1. The average molecular weight is 394 g/mol. The number of thiophene rings is 1. The lowest BCUT2D eigenvalue weighted by Crippen LogP contribution is -2.22. The SMILES string of the molecule is Cc1ccc(CNc2nc(-c3cccs3)nn2C(=O)COc2ccccc2)o1. The summed E-state index contributed by atoms with van der Waals surface area (Å²) in [6.07, 6.45) is 0. The smallest absolute Gasteiger partial charge is 0.287 e. The van der Waals surface area contributed by atoms with Crippen LogP contribution in [-0.4, -0.2) is 27.3 Å². The van der Waals surface area contributed by atoms with Gasteiger partial charge < -0.3 is 14.5 Å². The van der Waals surface area contributed by atoms with E-state index in [1.54, 1.807) is 12.1 Å². The minimum Gasteiger partial charge on any atom is -0.484 e. The predicted molar refractivity (Wildman–Crippen MR) is 107 cm³/mol. The number of hydrogen-bond acceptors (Lipinski definition) is 7. The van der Waals surface area contributed by atoms with E-state index in [-0.39, 0.29) is 12.5 Å². The zero-order valence-corrected chi connectivity index (χ0v) is 16.0. The predicted octanol–water partition coefficient (Wildman–Crippen LogP) is 4.24. The normalized spacial score (nSPS) is 10.8. The number of ether oxygens (including phenoxy) is 1. The van der Waals surface area contributed by atoms with Crippen LogP contribution in [0.5, 0.6) is 5.75 Å². The first-order valence-electron chi connectivity index (χ1n) is 8.70. The van der Waals surface area contributed by atoms with Crippen molar-refractivity contribution in [2.75, 3.05) is 11.9 Å². The molecule has 7 nitrogen and oxygen atoms in total. The molecule has 0 amide bonds. The van der Waals surface area contributed by atoms with E-state index in [0.29, 0.717) is 24.1 Å². The first-order chi connectivity index (χ1) is 13.7. The summed E-state index contributed by atoms with van der Waals surface area (Å²) in [4.78, 5) is 18.1. The zero-order valence-electron chi connectivity index (χ0n) is 15.2. The second-order valence-electron chi connectivity index (χ2n) is 6.01. The van der Waals surface area contributed by atoms with E-state index in [9.17, 15) is 4.79 Å². The average Bonchev–Trinajstić information content (AvgIpc) is 3.45. The Kier molecular flexibility index (Phi) is 5.20. The molecule has 3 heterocycles. The molecular weight excluding hydrogens is 376 g/mol. The van der Waals surface area contributed by atoms with E-state index < -0.39 is 0 Å². The first-order valence-corrected chi connectivity index (χ1v) is 9.58. The summed E-state index contributed by atoms with van der Waals surface area (Å²) in [6.45, 7) is 2.13. The second-order valence-corrected chi connectivity index (χ2v) is 6.96. The van der Waals surface area contributed by atoms with Crippen molar-refractivity contribution in [2.45, 2.75) is 13.5 Å². The summed E-state index contributed by atoms with van der Waals surface area (Å²) in [5.41, 5.74) is 0. The maximum absolute atomic E-state index is 12.7. The van der Waals surface area contributed by atoms with E-state index >= 15 is 0 Å². The lowest BCUT2D eigenvalue weighted by molar-refractivity contribution is 0.0824. The Balaban J connectivity index is 1.53. The summed E-state index contributed by atoms with van der Waals surface area (Å²) in [5, 5.41) is 9.44. The van der Waals surface area contributed by atoms with Gasteiger partial charge in [0.1, 0.15) is 17.3 Å². The zero-order chi connectivity index (χ0) is 19.3. The number of rotatable bonds is 7. The monoisotopic (exact) mass is 394 g/mol. The van der Waals surface area contributed by atoms with Crippen LogP contribution in [0.2, 0.25) is 0 Å². The number of nitrogens with one attached hydrogen (secondary N) is 1. The van der Waals surface area contributed by atoms with Crippen molar-refractivity contribution in [2.24, 2.45) is 0 Å². The molecule has 0 saturated heterocycles. The number of anilines is 1. The highest BCUT2D eigenvalue weighted by molar-refractivity contribution is 7.13. The Morgan fingerprint density at radius 2 is 2.04 bits per heavy atom. The van der Waals surface area contributed by atoms with Crippen molar-refractivity contribution in [3.63, 3.8) is 0 Å². The summed E-state index contributed by atoms with van der Waals surface area (Å²) >= 11 is 1.51. The molecule has 142 valence electrons. The third-order valence-corrected chi connectivity index (χ3v) is 4.77. The number of para-hydroxylation sites is 1. The van der Waals surface area contributed by atoms with Crippen molar-refractivity contribution < 1.29 is 13.9 Å². The van der Waals surface area contributed by atoms with Crippen LogP contribution < -0.4 is 10.1 Å². The molecule has 0 atom stereocenters. The van der Waals surface area contributed by atoms with Crippen LogP contribution in [0.1, 0.15) is 16.3 Å². The number of hydrogen-bond donors (Lipinski definition) is 1. The van der Waals surface area contributed by atoms with Gasteiger partial charge in [-0.25, -0.2) is 0 Å². The van der Waals surface area contributed by atoms with Crippen molar-refractivity contribution in [1.29, 1.82) is 0 Å². The van der Waals surface area contributed by atoms with Crippen molar-refractivity contribution in [3.8, 4) is 16.5 Å². The molecule has 4 rings (SSSR count). The van der Waals surface area contributed by atoms with Gasteiger partial charge in [-0.05, 0) is 42.6 Å². The Morgan fingerprint density at radius 1 is 1.18 bits per heavy atom. The molecule has 28 heavy (non-hydrogen) atoms. The first kappa shape index (κ1) is 18.0. The van der Waals surface area contributed by atoms with E-state index in [4.69, 9.17) is 9.15 Å². The maximum Gasteiger partial charge on any atom is 0.287 e. The fourth-order valence-electron chi connectivity index (χ4n) is 2.58. The third kappa shape index (κ3) is 4.12. The summed E-state index contributed by atoms with van der Waals surface area (Å²) < 4.78 is 12.4. The molecule has 0 saturated carbocycles. The van der Waals surface area contributed by atoms with Crippen molar-refractivity contribution in [3.05, 3.63) is 71.5 Å². The van der Waals surface area contributed by atoms with Crippen LogP contribution in [0.3, 0.4) is 0 Å². The molecule has 0 radical (unpaired) electrons. The largest absolute Gasteiger partial charge is 0.484 e. The van der Waals surface area contributed by atoms with Gasteiger partial charge in [0.05, 0.1) is 11.4 Å². The lowest BCUT2D eigenvalue weighted by Gasteiger charge is -2.07.